The molecule has 0 saturated carbocycles. The van der Waals surface area contributed by atoms with E-state index in [1.54, 1.807) is 0 Å². The van der Waals surface area contributed by atoms with E-state index in [0.29, 0.717) is 28.8 Å². The van der Waals surface area contributed by atoms with Crippen LogP contribution in [0.5, 0.6) is 5.75 Å². The molecular formula is C10H10BrClFNO. The fraction of sp³-hybridized carbons (Fsp3) is 0.400. The largest absolute Gasteiger partial charge is 0.492 e. The number of halogens is 3. The molecule has 15 heavy (non-hydrogen) atoms. The smallest absolute Gasteiger partial charge is 0.150 e. The van der Waals surface area contributed by atoms with Crippen LogP contribution in [0.3, 0.4) is 0 Å². The number of rotatable bonds is 0. The first kappa shape index (κ1) is 11.2. The van der Waals surface area contributed by atoms with Crippen LogP contribution >= 0.6 is 27.5 Å². The molecular weight excluding hydrogens is 284 g/mol. The quantitative estimate of drug-likeness (QED) is 0.744. The molecule has 1 aliphatic heterocycles. The van der Waals surface area contributed by atoms with E-state index in [4.69, 9.17) is 22.1 Å². The summed E-state index contributed by atoms with van der Waals surface area (Å²) in [5.74, 6) is 0.0196. The van der Waals surface area contributed by atoms with Crippen molar-refractivity contribution < 1.29 is 9.13 Å². The fourth-order valence-electron chi connectivity index (χ4n) is 1.70. The van der Waals surface area contributed by atoms with Gasteiger partial charge in [0.05, 0.1) is 16.1 Å². The van der Waals surface area contributed by atoms with Crippen LogP contribution in [-0.4, -0.2) is 6.61 Å². The van der Waals surface area contributed by atoms with Crippen molar-refractivity contribution in [3.05, 3.63) is 26.9 Å². The molecule has 5 heteroatoms. The molecule has 2 rings (SSSR count). The third-order valence-corrected chi connectivity index (χ3v) is 3.30. The summed E-state index contributed by atoms with van der Waals surface area (Å²) in [6.45, 7) is 0.556. The third kappa shape index (κ3) is 1.98. The predicted octanol–water partition coefficient (Wildman–Crippen LogP) is 3.41. The molecule has 0 amide bonds. The van der Waals surface area contributed by atoms with Gasteiger partial charge in [-0.25, -0.2) is 4.39 Å². The molecule has 1 aliphatic rings. The minimum Gasteiger partial charge on any atom is -0.492 e. The summed E-state index contributed by atoms with van der Waals surface area (Å²) in [4.78, 5) is 0. The van der Waals surface area contributed by atoms with E-state index in [1.165, 1.54) is 6.07 Å². The Hall–Kier alpha value is -0.320. The summed E-state index contributed by atoms with van der Waals surface area (Å²) in [6, 6.07) is 1.14. The molecule has 82 valence electrons. The first-order valence-electron chi connectivity index (χ1n) is 4.67. The van der Waals surface area contributed by atoms with Gasteiger partial charge < -0.3 is 10.5 Å². The van der Waals surface area contributed by atoms with Crippen LogP contribution in [0.25, 0.3) is 0 Å². The number of hydrogen-bond acceptors (Lipinski definition) is 2. The highest BCUT2D eigenvalue weighted by Crippen LogP contribution is 2.40. The Morgan fingerprint density at radius 3 is 3.07 bits per heavy atom. The van der Waals surface area contributed by atoms with Gasteiger partial charge in [0.1, 0.15) is 11.6 Å². The molecule has 2 nitrogen and oxygen atoms in total. The maximum Gasteiger partial charge on any atom is 0.150 e. The van der Waals surface area contributed by atoms with Crippen LogP contribution in [0.1, 0.15) is 24.4 Å². The second kappa shape index (κ2) is 4.28. The summed E-state index contributed by atoms with van der Waals surface area (Å²) in [5.41, 5.74) is 6.27. The lowest BCUT2D eigenvalue weighted by Crippen LogP contribution is -2.11. The molecule has 1 aromatic rings. The maximum atomic E-state index is 13.8. The van der Waals surface area contributed by atoms with E-state index in [0.717, 1.165) is 6.42 Å². The van der Waals surface area contributed by atoms with Gasteiger partial charge in [0.25, 0.3) is 0 Å². The van der Waals surface area contributed by atoms with Crippen molar-refractivity contribution in [3.8, 4) is 5.75 Å². The lowest BCUT2D eigenvalue weighted by molar-refractivity contribution is 0.313. The van der Waals surface area contributed by atoms with Gasteiger partial charge in [-0.3, -0.25) is 0 Å². The van der Waals surface area contributed by atoms with Crippen molar-refractivity contribution in [2.45, 2.75) is 18.9 Å². The summed E-state index contributed by atoms with van der Waals surface area (Å²) in [7, 11) is 0. The van der Waals surface area contributed by atoms with Gasteiger partial charge in [-0.1, -0.05) is 11.6 Å². The Balaban J connectivity index is 2.63. The number of ether oxygens (including phenoxy) is 1. The SMILES string of the molecule is NC1CCCOc2c(Br)cc(Cl)c(F)c21. The Kier molecular flexibility index (Phi) is 3.19. The first-order chi connectivity index (χ1) is 7.11. The van der Waals surface area contributed by atoms with Gasteiger partial charge >= 0.3 is 0 Å². The van der Waals surface area contributed by atoms with Crippen molar-refractivity contribution in [2.24, 2.45) is 5.73 Å². The van der Waals surface area contributed by atoms with Gasteiger partial charge in [-0.15, -0.1) is 0 Å². The Morgan fingerprint density at radius 1 is 1.60 bits per heavy atom. The fourth-order valence-corrected chi connectivity index (χ4v) is 2.60. The average molecular weight is 295 g/mol. The van der Waals surface area contributed by atoms with E-state index in [2.05, 4.69) is 15.9 Å². The minimum absolute atomic E-state index is 0.0709. The Labute approximate surface area is 101 Å². The molecule has 0 aliphatic carbocycles. The maximum absolute atomic E-state index is 13.8. The van der Waals surface area contributed by atoms with Crippen LogP contribution in [0.15, 0.2) is 10.5 Å². The molecule has 0 aromatic heterocycles. The summed E-state index contributed by atoms with van der Waals surface area (Å²) in [6.07, 6.45) is 1.52. The van der Waals surface area contributed by atoms with Gasteiger partial charge in [0.2, 0.25) is 0 Å². The zero-order chi connectivity index (χ0) is 11.0. The minimum atomic E-state index is -0.468. The van der Waals surface area contributed by atoms with Crippen LogP contribution < -0.4 is 10.5 Å². The van der Waals surface area contributed by atoms with Crippen molar-refractivity contribution in [3.63, 3.8) is 0 Å². The van der Waals surface area contributed by atoms with Crippen LogP contribution in [-0.2, 0) is 0 Å². The lowest BCUT2D eigenvalue weighted by atomic mass is 10.0. The molecule has 2 N–H and O–H groups in total. The molecule has 1 atom stereocenters. The monoisotopic (exact) mass is 293 g/mol. The van der Waals surface area contributed by atoms with Crippen LogP contribution in [0.2, 0.25) is 5.02 Å². The normalized spacial score (nSPS) is 20.4. The van der Waals surface area contributed by atoms with Gasteiger partial charge in [-0.2, -0.15) is 0 Å². The Morgan fingerprint density at radius 2 is 2.33 bits per heavy atom. The molecule has 0 spiro atoms. The topological polar surface area (TPSA) is 35.2 Å². The highest BCUT2D eigenvalue weighted by Gasteiger charge is 2.24. The van der Waals surface area contributed by atoms with E-state index in [9.17, 15) is 4.39 Å². The van der Waals surface area contributed by atoms with Crippen molar-refractivity contribution >= 4 is 27.5 Å². The Bertz CT molecular complexity index is 399. The van der Waals surface area contributed by atoms with Gasteiger partial charge in [0, 0.05) is 11.6 Å². The molecule has 1 unspecified atom stereocenters. The van der Waals surface area contributed by atoms with Crippen LogP contribution in [0.4, 0.5) is 4.39 Å². The van der Waals surface area contributed by atoms with Crippen molar-refractivity contribution in [1.29, 1.82) is 0 Å². The lowest BCUT2D eigenvalue weighted by Gasteiger charge is -2.15. The standard InChI is InChI=1S/C10H10BrClFNO/c11-5-4-6(12)9(13)8-7(14)2-1-3-15-10(5)8/h4,7H,1-3,14H2. The van der Waals surface area contributed by atoms with Gasteiger partial charge in [-0.05, 0) is 34.8 Å². The van der Waals surface area contributed by atoms with Crippen molar-refractivity contribution in [2.75, 3.05) is 6.61 Å². The molecule has 0 fully saturated rings. The van der Waals surface area contributed by atoms with E-state index < -0.39 is 5.82 Å². The van der Waals surface area contributed by atoms with Crippen molar-refractivity contribution in [1.82, 2.24) is 0 Å². The third-order valence-electron chi connectivity index (χ3n) is 2.44. The highest BCUT2D eigenvalue weighted by atomic mass is 79.9. The second-order valence-corrected chi connectivity index (χ2v) is 4.76. The number of nitrogens with two attached hydrogens (primary N) is 1. The summed E-state index contributed by atoms with van der Waals surface area (Å²) < 4.78 is 19.9. The molecule has 1 heterocycles. The molecule has 1 aromatic carbocycles. The van der Waals surface area contributed by atoms with Gasteiger partial charge in [0.15, 0.2) is 0 Å². The van der Waals surface area contributed by atoms with E-state index in [-0.39, 0.29) is 11.1 Å². The average Bonchev–Trinajstić information content (AvgIpc) is 2.37. The molecule has 0 bridgehead atoms. The van der Waals surface area contributed by atoms with Crippen LogP contribution in [0, 0.1) is 5.82 Å². The van der Waals surface area contributed by atoms with E-state index >= 15 is 0 Å². The number of hydrogen-bond donors (Lipinski definition) is 1. The zero-order valence-electron chi connectivity index (χ0n) is 7.90. The van der Waals surface area contributed by atoms with E-state index in [1.807, 2.05) is 0 Å². The molecule has 0 radical (unpaired) electrons. The summed E-state index contributed by atoms with van der Waals surface area (Å²) >= 11 is 9.05. The molecule has 0 saturated heterocycles. The number of fused-ring (bicyclic) bond motifs is 1. The predicted molar refractivity (Wildman–Crippen MR) is 60.8 cm³/mol. The second-order valence-electron chi connectivity index (χ2n) is 3.49. The highest BCUT2D eigenvalue weighted by molar-refractivity contribution is 9.10. The first-order valence-corrected chi connectivity index (χ1v) is 5.84. The zero-order valence-corrected chi connectivity index (χ0v) is 10.2. The number of benzene rings is 1. The summed E-state index contributed by atoms with van der Waals surface area (Å²) in [5, 5.41) is 0.0709.